The van der Waals surface area contributed by atoms with Crippen LogP contribution in [0.5, 0.6) is 0 Å². The van der Waals surface area contributed by atoms with Gasteiger partial charge in [0.2, 0.25) is 0 Å². The van der Waals surface area contributed by atoms with Crippen LogP contribution < -0.4 is 5.32 Å². The van der Waals surface area contributed by atoms with Crippen LogP contribution in [0.25, 0.3) is 16.8 Å². The van der Waals surface area contributed by atoms with Crippen molar-refractivity contribution in [2.75, 3.05) is 0 Å². The Labute approximate surface area is 191 Å². The standard InChI is InChI=1S/C28H21BrN2/c29-26-14-12-25(13-15-26)28(24-6-2-1-3-7-24)16-18-31-27(19-28)22-10-8-21(9-11-22)23-5-4-17-30-20-23/h1-20,31H. The summed E-state index contributed by atoms with van der Waals surface area (Å²) in [6, 6.07) is 31.9. The predicted octanol–water partition coefficient (Wildman–Crippen LogP) is 6.96. The molecule has 5 rings (SSSR count). The van der Waals surface area contributed by atoms with E-state index in [4.69, 9.17) is 0 Å². The van der Waals surface area contributed by atoms with E-state index >= 15 is 0 Å². The van der Waals surface area contributed by atoms with E-state index in [1.165, 1.54) is 11.1 Å². The minimum atomic E-state index is -0.343. The third-order valence-corrected chi connectivity index (χ3v) is 6.25. The maximum absolute atomic E-state index is 4.23. The van der Waals surface area contributed by atoms with E-state index in [0.717, 1.165) is 26.9 Å². The number of rotatable bonds is 4. The van der Waals surface area contributed by atoms with Gasteiger partial charge in [0, 0.05) is 22.6 Å². The SMILES string of the molecule is Brc1ccc(C2(c3ccccc3)C=CNC(c3ccc(-c4cccnc4)cc3)=C2)cc1. The fraction of sp³-hybridized carbons (Fsp3) is 0.0357. The van der Waals surface area contributed by atoms with E-state index in [2.05, 4.69) is 130 Å². The van der Waals surface area contributed by atoms with Crippen molar-refractivity contribution in [2.24, 2.45) is 0 Å². The summed E-state index contributed by atoms with van der Waals surface area (Å²) in [5.74, 6) is 0. The van der Waals surface area contributed by atoms with E-state index < -0.39 is 0 Å². The molecule has 0 saturated heterocycles. The summed E-state index contributed by atoms with van der Waals surface area (Å²) in [6.45, 7) is 0. The van der Waals surface area contributed by atoms with E-state index in [0.29, 0.717) is 0 Å². The smallest absolute Gasteiger partial charge is 0.0602 e. The molecule has 1 aromatic heterocycles. The Balaban J connectivity index is 1.59. The topological polar surface area (TPSA) is 24.9 Å². The molecule has 1 unspecified atom stereocenters. The zero-order valence-electron chi connectivity index (χ0n) is 16.9. The lowest BCUT2D eigenvalue weighted by Gasteiger charge is -2.33. The fourth-order valence-corrected chi connectivity index (χ4v) is 4.35. The molecule has 0 amide bonds. The van der Waals surface area contributed by atoms with Crippen molar-refractivity contribution < 1.29 is 0 Å². The number of allylic oxidation sites excluding steroid dienone is 2. The molecule has 0 bridgehead atoms. The highest BCUT2D eigenvalue weighted by molar-refractivity contribution is 9.10. The number of hydrogen-bond donors (Lipinski definition) is 1. The van der Waals surface area contributed by atoms with Gasteiger partial charge >= 0.3 is 0 Å². The highest BCUT2D eigenvalue weighted by Crippen LogP contribution is 2.39. The number of nitrogens with one attached hydrogen (secondary N) is 1. The van der Waals surface area contributed by atoms with Gasteiger partial charge < -0.3 is 5.32 Å². The quantitative estimate of drug-likeness (QED) is 0.353. The maximum Gasteiger partial charge on any atom is 0.0602 e. The Morgan fingerprint density at radius 3 is 2.10 bits per heavy atom. The molecule has 3 heteroatoms. The molecule has 31 heavy (non-hydrogen) atoms. The second-order valence-corrected chi connectivity index (χ2v) is 8.51. The van der Waals surface area contributed by atoms with Crippen molar-refractivity contribution in [3.05, 3.63) is 143 Å². The van der Waals surface area contributed by atoms with E-state index in [1.54, 1.807) is 6.20 Å². The Morgan fingerprint density at radius 2 is 1.39 bits per heavy atom. The first-order valence-corrected chi connectivity index (χ1v) is 11.0. The first kappa shape index (κ1) is 19.5. The zero-order chi connectivity index (χ0) is 21.1. The van der Waals surface area contributed by atoms with Crippen LogP contribution >= 0.6 is 15.9 Å². The van der Waals surface area contributed by atoms with Gasteiger partial charge in [-0.15, -0.1) is 0 Å². The Bertz CT molecular complexity index is 1230. The number of nitrogens with zero attached hydrogens (tertiary/aromatic N) is 1. The van der Waals surface area contributed by atoms with Gasteiger partial charge in [-0.25, -0.2) is 0 Å². The van der Waals surface area contributed by atoms with Crippen molar-refractivity contribution in [3.63, 3.8) is 0 Å². The van der Waals surface area contributed by atoms with Crippen LogP contribution in [0.2, 0.25) is 0 Å². The van der Waals surface area contributed by atoms with Crippen molar-refractivity contribution in [3.8, 4) is 11.1 Å². The number of benzene rings is 3. The van der Waals surface area contributed by atoms with E-state index in [9.17, 15) is 0 Å². The summed E-state index contributed by atoms with van der Waals surface area (Å²) in [7, 11) is 0. The van der Waals surface area contributed by atoms with Crippen molar-refractivity contribution in [2.45, 2.75) is 5.41 Å². The number of halogens is 1. The number of pyridine rings is 1. The maximum atomic E-state index is 4.23. The number of dihydropyridines is 1. The highest BCUT2D eigenvalue weighted by atomic mass is 79.9. The minimum Gasteiger partial charge on any atom is -0.362 e. The Kier molecular flexibility index (Phi) is 5.27. The molecule has 1 aliphatic rings. The molecule has 0 fully saturated rings. The second-order valence-electron chi connectivity index (χ2n) is 7.60. The van der Waals surface area contributed by atoms with Gasteiger partial charge in [-0.3, -0.25) is 4.98 Å². The summed E-state index contributed by atoms with van der Waals surface area (Å²) in [6.07, 6.45) is 10.3. The molecule has 150 valence electrons. The molecule has 1 N–H and O–H groups in total. The van der Waals surface area contributed by atoms with Crippen LogP contribution in [0, 0.1) is 0 Å². The third-order valence-electron chi connectivity index (χ3n) is 5.72. The summed E-state index contributed by atoms with van der Waals surface area (Å²) in [5.41, 5.74) is 6.63. The molecule has 0 spiro atoms. The molecule has 4 aromatic rings. The monoisotopic (exact) mass is 464 g/mol. The van der Waals surface area contributed by atoms with Gasteiger partial charge in [0.15, 0.2) is 0 Å². The Hall–Kier alpha value is -3.43. The molecule has 1 aliphatic heterocycles. The second kappa shape index (κ2) is 8.37. The summed E-state index contributed by atoms with van der Waals surface area (Å²) < 4.78 is 1.08. The van der Waals surface area contributed by atoms with E-state index in [-0.39, 0.29) is 5.41 Å². The normalized spacial score (nSPS) is 17.6. The third kappa shape index (κ3) is 3.85. The largest absolute Gasteiger partial charge is 0.362 e. The zero-order valence-corrected chi connectivity index (χ0v) is 18.5. The Morgan fingerprint density at radius 1 is 0.677 bits per heavy atom. The molecular weight excluding hydrogens is 444 g/mol. The van der Waals surface area contributed by atoms with Crippen LogP contribution in [0.3, 0.4) is 0 Å². The lowest BCUT2D eigenvalue weighted by molar-refractivity contribution is 0.791. The molecule has 1 atom stereocenters. The van der Waals surface area contributed by atoms with Gasteiger partial charge in [-0.2, -0.15) is 0 Å². The van der Waals surface area contributed by atoms with Crippen molar-refractivity contribution in [1.82, 2.24) is 10.3 Å². The van der Waals surface area contributed by atoms with Crippen LogP contribution in [0.15, 0.2) is 126 Å². The van der Waals surface area contributed by atoms with Gasteiger partial charge in [0.1, 0.15) is 0 Å². The van der Waals surface area contributed by atoms with Crippen LogP contribution in [0.4, 0.5) is 0 Å². The molecular formula is C28H21BrN2. The number of hydrogen-bond acceptors (Lipinski definition) is 2. The van der Waals surface area contributed by atoms with Gasteiger partial charge in [0.25, 0.3) is 0 Å². The molecule has 0 saturated carbocycles. The molecule has 2 heterocycles. The van der Waals surface area contributed by atoms with Crippen molar-refractivity contribution in [1.29, 1.82) is 0 Å². The first-order valence-electron chi connectivity index (χ1n) is 10.2. The lowest BCUT2D eigenvalue weighted by Crippen LogP contribution is -2.28. The summed E-state index contributed by atoms with van der Waals surface area (Å²) >= 11 is 3.57. The van der Waals surface area contributed by atoms with Crippen LogP contribution in [0.1, 0.15) is 16.7 Å². The van der Waals surface area contributed by atoms with Gasteiger partial charge in [0.05, 0.1) is 5.41 Å². The summed E-state index contributed by atoms with van der Waals surface area (Å²) in [4.78, 5) is 4.23. The van der Waals surface area contributed by atoms with E-state index in [1.807, 2.05) is 12.3 Å². The van der Waals surface area contributed by atoms with Crippen LogP contribution in [-0.4, -0.2) is 4.98 Å². The number of aromatic nitrogens is 1. The minimum absolute atomic E-state index is 0.343. The van der Waals surface area contributed by atoms with Gasteiger partial charge in [-0.05, 0) is 64.4 Å². The lowest BCUT2D eigenvalue weighted by atomic mass is 9.72. The molecule has 0 aliphatic carbocycles. The average molecular weight is 465 g/mol. The van der Waals surface area contributed by atoms with Gasteiger partial charge in [-0.1, -0.05) is 88.7 Å². The molecule has 0 radical (unpaired) electrons. The highest BCUT2D eigenvalue weighted by Gasteiger charge is 2.32. The molecule has 3 aromatic carbocycles. The van der Waals surface area contributed by atoms with Crippen molar-refractivity contribution >= 4 is 21.6 Å². The first-order chi connectivity index (χ1) is 15.2. The predicted molar refractivity (Wildman–Crippen MR) is 131 cm³/mol. The average Bonchev–Trinajstić information content (AvgIpc) is 2.86. The summed E-state index contributed by atoms with van der Waals surface area (Å²) in [5, 5.41) is 3.46. The molecule has 2 nitrogen and oxygen atoms in total. The fourth-order valence-electron chi connectivity index (χ4n) is 4.09. The van der Waals surface area contributed by atoms with Crippen LogP contribution in [-0.2, 0) is 5.41 Å².